The fourth-order valence-electron chi connectivity index (χ4n) is 2.58. The zero-order chi connectivity index (χ0) is 10.7. The lowest BCUT2D eigenvalue weighted by Crippen LogP contribution is -2.36. The van der Waals surface area contributed by atoms with E-state index in [9.17, 15) is 4.79 Å². The maximum absolute atomic E-state index is 11.6. The summed E-state index contributed by atoms with van der Waals surface area (Å²) >= 11 is 0. The van der Waals surface area contributed by atoms with Crippen LogP contribution < -0.4 is 0 Å². The molecule has 4 heteroatoms. The Morgan fingerprint density at radius 1 is 1.33 bits per heavy atom. The number of amides is 1. The highest BCUT2D eigenvalue weighted by atomic mass is 16.6. The van der Waals surface area contributed by atoms with Crippen LogP contribution in [-0.2, 0) is 4.74 Å². The molecule has 1 N–H and O–H groups in total. The molecule has 1 aliphatic heterocycles. The Morgan fingerprint density at radius 2 is 2.07 bits per heavy atom. The Morgan fingerprint density at radius 3 is 2.73 bits per heavy atom. The van der Waals surface area contributed by atoms with Gasteiger partial charge in [-0.1, -0.05) is 6.42 Å². The molecule has 2 fully saturated rings. The first kappa shape index (κ1) is 10.7. The quantitative estimate of drug-likeness (QED) is 0.773. The lowest BCUT2D eigenvalue weighted by molar-refractivity contribution is 0.0260. The van der Waals surface area contributed by atoms with Gasteiger partial charge in [0.25, 0.3) is 0 Å². The smallest absolute Gasteiger partial charge is 0.410 e. The highest BCUT2D eigenvalue weighted by molar-refractivity contribution is 5.70. The molecule has 86 valence electrons. The Balaban J connectivity index is 1.92. The number of aliphatic hydroxyl groups is 1. The monoisotopic (exact) mass is 213 g/mol. The minimum Gasteiger partial charge on any atom is -0.441 e. The maximum atomic E-state index is 11.6. The molecule has 0 atom stereocenters. The predicted molar refractivity (Wildman–Crippen MR) is 55.6 cm³/mol. The van der Waals surface area contributed by atoms with Gasteiger partial charge in [-0.2, -0.15) is 0 Å². The van der Waals surface area contributed by atoms with Crippen molar-refractivity contribution in [3.8, 4) is 0 Å². The van der Waals surface area contributed by atoms with Crippen LogP contribution in [0.15, 0.2) is 0 Å². The number of ether oxygens (including phenoxy) is 1. The molecule has 2 aliphatic rings. The van der Waals surface area contributed by atoms with Crippen LogP contribution in [0, 0.1) is 0 Å². The number of rotatable bonds is 3. The molecule has 0 aromatic heterocycles. The molecule has 0 bridgehead atoms. The maximum Gasteiger partial charge on any atom is 0.410 e. The third kappa shape index (κ3) is 2.25. The second-order valence-electron chi connectivity index (χ2n) is 4.61. The van der Waals surface area contributed by atoms with Gasteiger partial charge < -0.3 is 14.7 Å². The fraction of sp³-hybridized carbons (Fsp3) is 0.909. The van der Waals surface area contributed by atoms with Gasteiger partial charge in [-0.25, -0.2) is 4.79 Å². The molecule has 0 aromatic rings. The topological polar surface area (TPSA) is 49.8 Å². The number of aliphatic hydroxyl groups excluding tert-OH is 1. The van der Waals surface area contributed by atoms with Crippen molar-refractivity contribution in [3.63, 3.8) is 0 Å². The van der Waals surface area contributed by atoms with E-state index in [4.69, 9.17) is 9.84 Å². The van der Waals surface area contributed by atoms with E-state index >= 15 is 0 Å². The summed E-state index contributed by atoms with van der Waals surface area (Å²) in [6.45, 7) is 1.49. The van der Waals surface area contributed by atoms with Crippen LogP contribution in [0.3, 0.4) is 0 Å². The molecule has 1 heterocycles. The van der Waals surface area contributed by atoms with Gasteiger partial charge in [0.1, 0.15) is 5.60 Å². The van der Waals surface area contributed by atoms with Gasteiger partial charge in [-0.15, -0.1) is 0 Å². The van der Waals surface area contributed by atoms with Crippen LogP contribution in [-0.4, -0.2) is 41.4 Å². The number of carbonyl (C=O) groups is 1. The van der Waals surface area contributed by atoms with Crippen molar-refractivity contribution in [2.75, 3.05) is 19.7 Å². The molecule has 2 rings (SSSR count). The minimum absolute atomic E-state index is 0.136. The fourth-order valence-corrected chi connectivity index (χ4v) is 2.58. The summed E-state index contributed by atoms with van der Waals surface area (Å²) in [6, 6.07) is 0. The second kappa shape index (κ2) is 4.39. The molecule has 1 amide bonds. The minimum atomic E-state index is -0.190. The Labute approximate surface area is 90.2 Å². The number of carbonyl (C=O) groups excluding carboxylic acids is 1. The normalized spacial score (nSPS) is 24.6. The van der Waals surface area contributed by atoms with Crippen molar-refractivity contribution in [1.29, 1.82) is 0 Å². The molecule has 1 spiro atoms. The van der Waals surface area contributed by atoms with Crippen molar-refractivity contribution in [1.82, 2.24) is 4.90 Å². The summed E-state index contributed by atoms with van der Waals surface area (Å²) < 4.78 is 5.50. The van der Waals surface area contributed by atoms with Gasteiger partial charge in [0.15, 0.2) is 0 Å². The predicted octanol–water partition coefficient (Wildman–Crippen LogP) is 1.52. The van der Waals surface area contributed by atoms with Crippen LogP contribution in [0.5, 0.6) is 0 Å². The second-order valence-corrected chi connectivity index (χ2v) is 4.61. The highest BCUT2D eigenvalue weighted by Crippen LogP contribution is 2.36. The van der Waals surface area contributed by atoms with E-state index in [2.05, 4.69) is 0 Å². The number of hydrogen-bond acceptors (Lipinski definition) is 3. The van der Waals surface area contributed by atoms with Crippen molar-refractivity contribution in [3.05, 3.63) is 0 Å². The lowest BCUT2D eigenvalue weighted by Gasteiger charge is -2.30. The molecule has 15 heavy (non-hydrogen) atoms. The van der Waals surface area contributed by atoms with E-state index in [0.29, 0.717) is 13.0 Å². The zero-order valence-electron chi connectivity index (χ0n) is 9.07. The largest absolute Gasteiger partial charge is 0.441 e. The molecule has 0 unspecified atom stereocenters. The zero-order valence-corrected chi connectivity index (χ0v) is 9.07. The van der Waals surface area contributed by atoms with Gasteiger partial charge in [0.2, 0.25) is 0 Å². The van der Waals surface area contributed by atoms with Crippen LogP contribution in [0.4, 0.5) is 4.79 Å². The van der Waals surface area contributed by atoms with E-state index in [0.717, 1.165) is 19.4 Å². The first-order chi connectivity index (χ1) is 7.26. The van der Waals surface area contributed by atoms with Crippen molar-refractivity contribution in [2.45, 2.75) is 44.1 Å². The first-order valence-corrected chi connectivity index (χ1v) is 5.85. The van der Waals surface area contributed by atoms with Crippen molar-refractivity contribution in [2.24, 2.45) is 0 Å². The standard InChI is InChI=1S/C11H19NO3/c13-8-4-7-12-9-11(15-10(12)14)5-2-1-3-6-11/h13H,1-9H2. The molecular weight excluding hydrogens is 194 g/mol. The summed E-state index contributed by atoms with van der Waals surface area (Å²) in [4.78, 5) is 13.3. The van der Waals surface area contributed by atoms with Gasteiger partial charge in [0, 0.05) is 13.2 Å². The Kier molecular flexibility index (Phi) is 3.14. The Bertz CT molecular complexity index is 236. The first-order valence-electron chi connectivity index (χ1n) is 5.85. The summed E-state index contributed by atoms with van der Waals surface area (Å²) in [5, 5.41) is 8.74. The van der Waals surface area contributed by atoms with E-state index in [1.807, 2.05) is 0 Å². The molecule has 1 saturated carbocycles. The summed E-state index contributed by atoms with van der Waals surface area (Å²) in [5.74, 6) is 0. The number of nitrogens with zero attached hydrogens (tertiary/aromatic N) is 1. The van der Waals surface area contributed by atoms with Crippen LogP contribution in [0.2, 0.25) is 0 Å². The molecule has 0 radical (unpaired) electrons. The van der Waals surface area contributed by atoms with Crippen LogP contribution >= 0.6 is 0 Å². The van der Waals surface area contributed by atoms with Crippen LogP contribution in [0.1, 0.15) is 38.5 Å². The molecule has 1 saturated heterocycles. The molecule has 4 nitrogen and oxygen atoms in total. The summed E-state index contributed by atoms with van der Waals surface area (Å²) in [5.41, 5.74) is -0.190. The SMILES string of the molecule is O=C1OC2(CCCCC2)CN1CCCO. The van der Waals surface area contributed by atoms with Gasteiger partial charge in [-0.3, -0.25) is 0 Å². The van der Waals surface area contributed by atoms with E-state index in [1.54, 1.807) is 4.90 Å². The molecular formula is C11H19NO3. The molecule has 0 aromatic carbocycles. The highest BCUT2D eigenvalue weighted by Gasteiger charge is 2.45. The Hall–Kier alpha value is -0.770. The van der Waals surface area contributed by atoms with Crippen LogP contribution in [0.25, 0.3) is 0 Å². The number of hydrogen-bond donors (Lipinski definition) is 1. The third-order valence-corrected chi connectivity index (χ3v) is 3.39. The lowest BCUT2D eigenvalue weighted by atomic mass is 9.85. The third-order valence-electron chi connectivity index (χ3n) is 3.39. The van der Waals surface area contributed by atoms with Crippen molar-refractivity contribution >= 4 is 6.09 Å². The summed E-state index contributed by atoms with van der Waals surface area (Å²) in [7, 11) is 0. The summed E-state index contributed by atoms with van der Waals surface area (Å²) in [6.07, 6.45) is 6.07. The van der Waals surface area contributed by atoms with Gasteiger partial charge in [-0.05, 0) is 32.1 Å². The van der Waals surface area contributed by atoms with E-state index < -0.39 is 0 Å². The molecule has 1 aliphatic carbocycles. The van der Waals surface area contributed by atoms with Crippen molar-refractivity contribution < 1.29 is 14.6 Å². The average Bonchev–Trinajstić information content (AvgIpc) is 2.53. The van der Waals surface area contributed by atoms with E-state index in [1.165, 1.54) is 19.3 Å². The average molecular weight is 213 g/mol. The van der Waals surface area contributed by atoms with E-state index in [-0.39, 0.29) is 18.3 Å². The van der Waals surface area contributed by atoms with Gasteiger partial charge >= 0.3 is 6.09 Å². The van der Waals surface area contributed by atoms with Gasteiger partial charge in [0.05, 0.1) is 6.54 Å².